The van der Waals surface area contributed by atoms with Crippen LogP contribution in [-0.4, -0.2) is 27.0 Å². The van der Waals surface area contributed by atoms with Crippen LogP contribution in [0.3, 0.4) is 0 Å². The molecule has 1 aromatic heterocycles. The van der Waals surface area contributed by atoms with Crippen LogP contribution in [0, 0.1) is 5.92 Å². The van der Waals surface area contributed by atoms with Crippen LogP contribution in [0.25, 0.3) is 0 Å². The molecule has 0 saturated heterocycles. The van der Waals surface area contributed by atoms with Crippen molar-refractivity contribution in [1.82, 2.24) is 14.8 Å². The molecule has 0 amide bonds. The number of hydrogen-bond acceptors (Lipinski definition) is 3. The predicted octanol–water partition coefficient (Wildman–Crippen LogP) is 2.39. The fourth-order valence-electron chi connectivity index (χ4n) is 3.29. The first-order valence-corrected chi connectivity index (χ1v) is 7.19. The lowest BCUT2D eigenvalue weighted by molar-refractivity contribution is -0.182. The minimum absolute atomic E-state index is 0.0241. The minimum Gasteiger partial charge on any atom is -0.328 e. The van der Waals surface area contributed by atoms with Crippen LogP contribution in [0.15, 0.2) is 0 Å². The summed E-state index contributed by atoms with van der Waals surface area (Å²) in [4.78, 5) is 0. The van der Waals surface area contributed by atoms with Crippen molar-refractivity contribution in [2.75, 3.05) is 0 Å². The number of nitrogens with two attached hydrogens (primary N) is 1. The highest BCUT2D eigenvalue weighted by molar-refractivity contribution is 5.07. The van der Waals surface area contributed by atoms with Gasteiger partial charge < -0.3 is 10.3 Å². The van der Waals surface area contributed by atoms with Crippen molar-refractivity contribution < 1.29 is 13.2 Å². The molecule has 1 atom stereocenters. The van der Waals surface area contributed by atoms with Gasteiger partial charge in [0.15, 0.2) is 0 Å². The first-order chi connectivity index (χ1) is 9.45. The van der Waals surface area contributed by atoms with Crippen molar-refractivity contribution in [2.24, 2.45) is 11.7 Å². The van der Waals surface area contributed by atoms with Gasteiger partial charge in [-0.2, -0.15) is 13.2 Å². The van der Waals surface area contributed by atoms with Gasteiger partial charge in [0.1, 0.15) is 11.6 Å². The molecule has 2 heterocycles. The topological polar surface area (TPSA) is 56.7 Å². The zero-order valence-corrected chi connectivity index (χ0v) is 11.2. The van der Waals surface area contributed by atoms with E-state index in [-0.39, 0.29) is 24.9 Å². The van der Waals surface area contributed by atoms with Gasteiger partial charge in [-0.3, -0.25) is 0 Å². The summed E-state index contributed by atoms with van der Waals surface area (Å²) >= 11 is 0. The number of rotatable bonds is 1. The molecular weight excluding hydrogens is 269 g/mol. The Kier molecular flexibility index (Phi) is 3.48. The van der Waals surface area contributed by atoms with Gasteiger partial charge in [0.2, 0.25) is 0 Å². The van der Waals surface area contributed by atoms with Crippen LogP contribution >= 0.6 is 0 Å². The number of aryl methyl sites for hydroxylation is 1. The van der Waals surface area contributed by atoms with E-state index in [9.17, 15) is 13.2 Å². The number of fused-ring (bicyclic) bond motifs is 1. The molecule has 1 fully saturated rings. The lowest BCUT2D eigenvalue weighted by Crippen LogP contribution is -2.33. The molecule has 0 aromatic carbocycles. The number of nitrogens with zero attached hydrogens (tertiary/aromatic N) is 3. The van der Waals surface area contributed by atoms with Crippen molar-refractivity contribution in [3.05, 3.63) is 11.6 Å². The van der Waals surface area contributed by atoms with E-state index in [1.807, 2.05) is 0 Å². The van der Waals surface area contributed by atoms with Crippen LogP contribution in [0.4, 0.5) is 13.2 Å². The summed E-state index contributed by atoms with van der Waals surface area (Å²) in [5.74, 6) is 0.384. The maximum absolute atomic E-state index is 12.9. The molecule has 4 nitrogen and oxygen atoms in total. The maximum atomic E-state index is 12.9. The Morgan fingerprint density at radius 3 is 2.40 bits per heavy atom. The van der Waals surface area contributed by atoms with E-state index in [2.05, 4.69) is 10.2 Å². The Balaban J connectivity index is 1.80. The number of hydrogen-bond donors (Lipinski definition) is 1. The van der Waals surface area contributed by atoms with E-state index in [1.54, 1.807) is 4.57 Å². The van der Waals surface area contributed by atoms with Crippen molar-refractivity contribution in [3.8, 4) is 0 Å². The third-order valence-corrected chi connectivity index (χ3v) is 4.58. The Morgan fingerprint density at radius 1 is 1.05 bits per heavy atom. The molecule has 3 rings (SSSR count). The molecule has 0 bridgehead atoms. The summed E-state index contributed by atoms with van der Waals surface area (Å²) in [6.45, 7) is -0.0241. The van der Waals surface area contributed by atoms with Crippen molar-refractivity contribution in [2.45, 2.75) is 63.2 Å². The lowest BCUT2D eigenvalue weighted by atomic mass is 9.85. The zero-order valence-electron chi connectivity index (χ0n) is 11.2. The SMILES string of the molecule is NC1CCC(c2nnc3n2CC(C(F)(F)F)CC3)CC1. The predicted molar refractivity (Wildman–Crippen MR) is 67.1 cm³/mol. The average Bonchev–Trinajstić information content (AvgIpc) is 2.81. The second-order valence-electron chi connectivity index (χ2n) is 5.97. The summed E-state index contributed by atoms with van der Waals surface area (Å²) in [6, 6.07) is 0.220. The molecule has 1 saturated carbocycles. The highest BCUT2D eigenvalue weighted by Gasteiger charge is 2.42. The molecule has 1 aliphatic carbocycles. The average molecular weight is 288 g/mol. The molecular formula is C13H19F3N4. The number of halogens is 3. The van der Waals surface area contributed by atoms with E-state index >= 15 is 0 Å². The highest BCUT2D eigenvalue weighted by Crippen LogP contribution is 2.37. The third kappa shape index (κ3) is 2.55. The van der Waals surface area contributed by atoms with E-state index in [0.717, 1.165) is 31.5 Å². The Morgan fingerprint density at radius 2 is 1.75 bits per heavy atom. The zero-order chi connectivity index (χ0) is 14.3. The van der Waals surface area contributed by atoms with E-state index < -0.39 is 12.1 Å². The number of aromatic nitrogens is 3. The summed E-state index contributed by atoms with van der Waals surface area (Å²) < 4.78 is 40.4. The highest BCUT2D eigenvalue weighted by atomic mass is 19.4. The largest absolute Gasteiger partial charge is 0.393 e. The van der Waals surface area contributed by atoms with Crippen LogP contribution in [0.2, 0.25) is 0 Å². The van der Waals surface area contributed by atoms with Gasteiger partial charge in [-0.15, -0.1) is 10.2 Å². The van der Waals surface area contributed by atoms with Crippen LogP contribution in [0.1, 0.15) is 49.7 Å². The van der Waals surface area contributed by atoms with Crippen molar-refractivity contribution >= 4 is 0 Å². The first kappa shape index (κ1) is 13.9. The van der Waals surface area contributed by atoms with Gasteiger partial charge in [-0.05, 0) is 32.1 Å². The first-order valence-electron chi connectivity index (χ1n) is 7.19. The van der Waals surface area contributed by atoms with Gasteiger partial charge in [0.05, 0.1) is 5.92 Å². The van der Waals surface area contributed by atoms with Crippen LogP contribution in [-0.2, 0) is 13.0 Å². The quantitative estimate of drug-likeness (QED) is 0.863. The monoisotopic (exact) mass is 288 g/mol. The summed E-state index contributed by atoms with van der Waals surface area (Å²) in [7, 11) is 0. The maximum Gasteiger partial charge on any atom is 0.393 e. The van der Waals surface area contributed by atoms with Crippen LogP contribution < -0.4 is 5.73 Å². The second-order valence-corrected chi connectivity index (χ2v) is 5.97. The Bertz CT molecular complexity index is 474. The summed E-state index contributed by atoms with van der Waals surface area (Å²) in [5.41, 5.74) is 5.88. The molecule has 0 spiro atoms. The molecule has 112 valence electrons. The van der Waals surface area contributed by atoms with Gasteiger partial charge in [-0.25, -0.2) is 0 Å². The molecule has 2 N–H and O–H groups in total. The standard InChI is InChI=1S/C13H19F3N4/c14-13(15,16)9-3-6-11-18-19-12(20(11)7-9)8-1-4-10(17)5-2-8/h8-10H,1-7,17H2. The van der Waals surface area contributed by atoms with Crippen LogP contribution in [0.5, 0.6) is 0 Å². The summed E-state index contributed by atoms with van der Waals surface area (Å²) in [6.07, 6.45) is -0.0220. The van der Waals surface area contributed by atoms with E-state index in [4.69, 9.17) is 5.73 Å². The van der Waals surface area contributed by atoms with Gasteiger partial charge in [0.25, 0.3) is 0 Å². The Hall–Kier alpha value is -1.11. The molecule has 1 aliphatic heterocycles. The molecule has 20 heavy (non-hydrogen) atoms. The molecule has 2 aliphatic rings. The van der Waals surface area contributed by atoms with E-state index in [1.165, 1.54) is 0 Å². The van der Waals surface area contributed by atoms with Gasteiger partial charge in [-0.1, -0.05) is 0 Å². The molecule has 1 aromatic rings. The van der Waals surface area contributed by atoms with Crippen molar-refractivity contribution in [1.29, 1.82) is 0 Å². The van der Waals surface area contributed by atoms with Crippen molar-refractivity contribution in [3.63, 3.8) is 0 Å². The van der Waals surface area contributed by atoms with E-state index in [0.29, 0.717) is 12.2 Å². The Labute approximate surface area is 115 Å². The van der Waals surface area contributed by atoms with Gasteiger partial charge in [0, 0.05) is 24.9 Å². The molecule has 7 heteroatoms. The fraction of sp³-hybridized carbons (Fsp3) is 0.846. The van der Waals surface area contributed by atoms with Gasteiger partial charge >= 0.3 is 6.18 Å². The normalized spacial score (nSPS) is 31.1. The lowest BCUT2D eigenvalue weighted by Gasteiger charge is -2.29. The smallest absolute Gasteiger partial charge is 0.328 e. The molecule has 1 unspecified atom stereocenters. The number of alkyl halides is 3. The summed E-state index contributed by atoms with van der Waals surface area (Å²) in [5, 5.41) is 8.25. The third-order valence-electron chi connectivity index (χ3n) is 4.58. The minimum atomic E-state index is -4.13. The second kappa shape index (κ2) is 5.02. The fourth-order valence-corrected chi connectivity index (χ4v) is 3.29. The molecule has 0 radical (unpaired) electrons.